The number of fused-ring (bicyclic) bond motifs is 1. The lowest BCUT2D eigenvalue weighted by molar-refractivity contribution is 0.621. The fourth-order valence-corrected chi connectivity index (χ4v) is 4.75. The van der Waals surface area contributed by atoms with Crippen LogP contribution >= 0.6 is 31.9 Å². The number of rotatable bonds is 3. The van der Waals surface area contributed by atoms with E-state index >= 15 is 0 Å². The van der Waals surface area contributed by atoms with Crippen molar-refractivity contribution in [2.45, 2.75) is 12.0 Å². The van der Waals surface area contributed by atoms with Crippen LogP contribution < -0.4 is 0 Å². The Bertz CT molecular complexity index is 1200. The first-order valence-corrected chi connectivity index (χ1v) is 11.5. The molecule has 4 aromatic rings. The van der Waals surface area contributed by atoms with Gasteiger partial charge in [-0.05, 0) is 41.0 Å². The number of nitrogens with zero attached hydrogens (tertiary/aromatic N) is 1. The molecular weight excluding hydrogens is 498 g/mol. The van der Waals surface area contributed by atoms with Gasteiger partial charge in [-0.3, -0.25) is 4.99 Å². The largest absolute Gasteiger partial charge is 0.275 e. The first kappa shape index (κ1) is 19.5. The molecule has 3 heteroatoms. The van der Waals surface area contributed by atoms with E-state index in [1.807, 2.05) is 0 Å². The minimum absolute atomic E-state index is 0.00406. The van der Waals surface area contributed by atoms with Gasteiger partial charge in [-0.25, -0.2) is 0 Å². The SMILES string of the molecule is Brc1ccc([C@H]2c3ccccc3C(c3ccccc3)=N[C@H]2c2ccc(Br)cc2)cc1. The van der Waals surface area contributed by atoms with Gasteiger partial charge < -0.3 is 0 Å². The number of hydrogen-bond acceptors (Lipinski definition) is 1. The summed E-state index contributed by atoms with van der Waals surface area (Å²) in [5.41, 5.74) is 7.24. The molecule has 5 rings (SSSR count). The summed E-state index contributed by atoms with van der Waals surface area (Å²) in [4.78, 5) is 5.36. The second kappa shape index (κ2) is 8.33. The molecule has 0 amide bonds. The summed E-state index contributed by atoms with van der Waals surface area (Å²) in [5.74, 6) is 0.155. The summed E-state index contributed by atoms with van der Waals surface area (Å²) < 4.78 is 2.17. The Hall–Kier alpha value is -2.49. The van der Waals surface area contributed by atoms with Gasteiger partial charge in [0.25, 0.3) is 0 Å². The lowest BCUT2D eigenvalue weighted by Gasteiger charge is -2.33. The molecule has 0 N–H and O–H groups in total. The average Bonchev–Trinajstić information content (AvgIpc) is 2.80. The quantitative estimate of drug-likeness (QED) is 0.262. The molecule has 146 valence electrons. The molecule has 0 aliphatic carbocycles. The predicted molar refractivity (Wildman–Crippen MR) is 131 cm³/mol. The van der Waals surface area contributed by atoms with Gasteiger partial charge in [0.05, 0.1) is 11.8 Å². The average molecular weight is 517 g/mol. The molecule has 1 aliphatic rings. The van der Waals surface area contributed by atoms with Crippen molar-refractivity contribution in [3.05, 3.63) is 140 Å². The van der Waals surface area contributed by atoms with Crippen molar-refractivity contribution in [3.63, 3.8) is 0 Å². The molecular formula is C27H19Br2N. The highest BCUT2D eigenvalue weighted by molar-refractivity contribution is 9.10. The summed E-state index contributed by atoms with van der Waals surface area (Å²) >= 11 is 7.15. The van der Waals surface area contributed by atoms with Crippen molar-refractivity contribution in [3.8, 4) is 0 Å². The number of halogens is 2. The van der Waals surface area contributed by atoms with Crippen LogP contribution in [0, 0.1) is 0 Å². The van der Waals surface area contributed by atoms with Gasteiger partial charge in [0.15, 0.2) is 0 Å². The summed E-state index contributed by atoms with van der Waals surface area (Å²) in [6.45, 7) is 0. The van der Waals surface area contributed by atoms with Gasteiger partial charge in [-0.2, -0.15) is 0 Å². The minimum Gasteiger partial charge on any atom is -0.275 e. The third kappa shape index (κ3) is 3.68. The van der Waals surface area contributed by atoms with Crippen LogP contribution in [0.25, 0.3) is 0 Å². The maximum Gasteiger partial charge on any atom is 0.0865 e. The third-order valence-corrected chi connectivity index (χ3v) is 6.68. The first-order chi connectivity index (χ1) is 14.7. The lowest BCUT2D eigenvalue weighted by atomic mass is 9.76. The van der Waals surface area contributed by atoms with Gasteiger partial charge in [0, 0.05) is 26.0 Å². The highest BCUT2D eigenvalue weighted by atomic mass is 79.9. The van der Waals surface area contributed by atoms with Crippen LogP contribution in [0.4, 0.5) is 0 Å². The van der Waals surface area contributed by atoms with E-state index in [2.05, 4.69) is 135 Å². The van der Waals surface area contributed by atoms with Gasteiger partial charge in [-0.15, -0.1) is 0 Å². The summed E-state index contributed by atoms with van der Waals surface area (Å²) in [7, 11) is 0. The maximum absolute atomic E-state index is 5.36. The molecule has 0 fully saturated rings. The molecule has 0 radical (unpaired) electrons. The third-order valence-electron chi connectivity index (χ3n) is 5.62. The van der Waals surface area contributed by atoms with E-state index in [0.29, 0.717) is 0 Å². The fraction of sp³-hybridized carbons (Fsp3) is 0.0741. The van der Waals surface area contributed by atoms with E-state index in [1.165, 1.54) is 22.3 Å². The zero-order valence-corrected chi connectivity index (χ0v) is 19.3. The van der Waals surface area contributed by atoms with Crippen molar-refractivity contribution >= 4 is 37.6 Å². The van der Waals surface area contributed by atoms with Crippen molar-refractivity contribution in [1.29, 1.82) is 0 Å². The van der Waals surface area contributed by atoms with Crippen molar-refractivity contribution in [2.24, 2.45) is 4.99 Å². The van der Waals surface area contributed by atoms with Crippen LogP contribution in [0.3, 0.4) is 0 Å². The molecule has 0 bridgehead atoms. The molecule has 30 heavy (non-hydrogen) atoms. The van der Waals surface area contributed by atoms with E-state index in [-0.39, 0.29) is 12.0 Å². The number of hydrogen-bond donors (Lipinski definition) is 0. The maximum atomic E-state index is 5.36. The van der Waals surface area contributed by atoms with E-state index in [4.69, 9.17) is 4.99 Å². The first-order valence-electron chi connectivity index (χ1n) is 9.94. The highest BCUT2D eigenvalue weighted by Crippen LogP contribution is 2.45. The summed E-state index contributed by atoms with van der Waals surface area (Å²) in [6, 6.07) is 36.4. The van der Waals surface area contributed by atoms with Crippen LogP contribution in [-0.4, -0.2) is 5.71 Å². The lowest BCUT2D eigenvalue weighted by Crippen LogP contribution is -2.22. The standard InChI is InChI=1S/C27H19Br2N/c28-21-14-10-18(11-15-21)25-23-8-4-5-9-24(23)26(19-6-2-1-3-7-19)30-27(25)20-12-16-22(29)17-13-20/h1-17,25,27H/t25-,27-/m0/s1. The number of benzene rings is 4. The second-order valence-electron chi connectivity index (χ2n) is 7.46. The Kier molecular flexibility index (Phi) is 5.41. The van der Waals surface area contributed by atoms with E-state index < -0.39 is 0 Å². The number of aliphatic imine (C=N–C) groups is 1. The van der Waals surface area contributed by atoms with E-state index in [1.54, 1.807) is 0 Å². The molecule has 4 aromatic carbocycles. The summed E-state index contributed by atoms with van der Waals surface area (Å²) in [5, 5.41) is 0. The molecule has 0 spiro atoms. The minimum atomic E-state index is 0.00406. The van der Waals surface area contributed by atoms with E-state index in [9.17, 15) is 0 Å². The Balaban J connectivity index is 1.75. The molecule has 1 heterocycles. The molecule has 2 atom stereocenters. The second-order valence-corrected chi connectivity index (χ2v) is 9.29. The normalized spacial score (nSPS) is 17.9. The smallest absolute Gasteiger partial charge is 0.0865 e. The topological polar surface area (TPSA) is 12.4 Å². The van der Waals surface area contributed by atoms with Gasteiger partial charge >= 0.3 is 0 Å². The molecule has 1 aliphatic heterocycles. The highest BCUT2D eigenvalue weighted by Gasteiger charge is 2.33. The Morgan fingerprint density at radius 1 is 0.567 bits per heavy atom. The predicted octanol–water partition coefficient (Wildman–Crippen LogP) is 7.94. The Labute approximate surface area is 193 Å². The van der Waals surface area contributed by atoms with Crippen LogP contribution in [0.1, 0.15) is 39.8 Å². The molecule has 0 unspecified atom stereocenters. The zero-order chi connectivity index (χ0) is 20.5. The zero-order valence-electron chi connectivity index (χ0n) is 16.2. The molecule has 0 saturated carbocycles. The van der Waals surface area contributed by atoms with E-state index in [0.717, 1.165) is 20.2 Å². The van der Waals surface area contributed by atoms with Crippen LogP contribution in [-0.2, 0) is 0 Å². The monoisotopic (exact) mass is 515 g/mol. The van der Waals surface area contributed by atoms with Gasteiger partial charge in [0.1, 0.15) is 0 Å². The van der Waals surface area contributed by atoms with Crippen molar-refractivity contribution in [2.75, 3.05) is 0 Å². The van der Waals surface area contributed by atoms with Crippen molar-refractivity contribution < 1.29 is 0 Å². The fourth-order valence-electron chi connectivity index (χ4n) is 4.22. The van der Waals surface area contributed by atoms with Crippen LogP contribution in [0.15, 0.2) is 117 Å². The molecule has 0 aromatic heterocycles. The van der Waals surface area contributed by atoms with Crippen molar-refractivity contribution in [1.82, 2.24) is 0 Å². The van der Waals surface area contributed by atoms with Gasteiger partial charge in [0.2, 0.25) is 0 Å². The Morgan fingerprint density at radius 2 is 1.13 bits per heavy atom. The van der Waals surface area contributed by atoms with Crippen LogP contribution in [0.5, 0.6) is 0 Å². The Morgan fingerprint density at radius 3 is 1.80 bits per heavy atom. The van der Waals surface area contributed by atoms with Crippen LogP contribution in [0.2, 0.25) is 0 Å². The van der Waals surface area contributed by atoms with Gasteiger partial charge in [-0.1, -0.05) is 111 Å². The summed E-state index contributed by atoms with van der Waals surface area (Å²) in [6.07, 6.45) is 0. The molecule has 1 nitrogen and oxygen atoms in total. The molecule has 0 saturated heterocycles.